The van der Waals surface area contributed by atoms with Crippen LogP contribution in [0.15, 0.2) is 54.6 Å². The third kappa shape index (κ3) is 9.72. The number of carbonyl (C=O) groups excluding carboxylic acids is 1. The number of hydrogen-bond donors (Lipinski definition) is 1. The van der Waals surface area contributed by atoms with Gasteiger partial charge in [0.2, 0.25) is 5.91 Å². The highest BCUT2D eigenvalue weighted by molar-refractivity contribution is 6.30. The molecule has 2 rings (SSSR count). The molecule has 2 aromatic carbocycles. The Morgan fingerprint density at radius 1 is 1.00 bits per heavy atom. The van der Waals surface area contributed by atoms with Crippen LogP contribution in [0.2, 0.25) is 5.02 Å². The van der Waals surface area contributed by atoms with Gasteiger partial charge in [0.05, 0.1) is 6.42 Å². The molecule has 4 heteroatoms. The quantitative estimate of drug-likeness (QED) is 0.879. The fourth-order valence-electron chi connectivity index (χ4n) is 2.05. The molecule has 0 aromatic heterocycles. The van der Waals surface area contributed by atoms with Crippen LogP contribution in [0.1, 0.15) is 17.5 Å². The minimum atomic E-state index is -0.286. The van der Waals surface area contributed by atoms with Crippen LogP contribution in [0, 0.1) is 0 Å². The van der Waals surface area contributed by atoms with Gasteiger partial charge in [-0.05, 0) is 56.7 Å². The van der Waals surface area contributed by atoms with Gasteiger partial charge in [0.1, 0.15) is 0 Å². The van der Waals surface area contributed by atoms with Gasteiger partial charge in [0, 0.05) is 5.02 Å². The van der Waals surface area contributed by atoms with Crippen LogP contribution in [-0.2, 0) is 17.6 Å². The Morgan fingerprint density at radius 3 is 2.13 bits per heavy atom. The molecule has 0 spiro atoms. The lowest BCUT2D eigenvalue weighted by Gasteiger charge is -2.08. The van der Waals surface area contributed by atoms with Gasteiger partial charge in [-0.15, -0.1) is 0 Å². The zero-order valence-electron chi connectivity index (χ0n) is 13.8. The summed E-state index contributed by atoms with van der Waals surface area (Å²) in [5.41, 5.74) is 7.32. The third-order valence-electron chi connectivity index (χ3n) is 3.21. The Morgan fingerprint density at radius 2 is 1.61 bits per heavy atom. The number of rotatable bonds is 6. The van der Waals surface area contributed by atoms with Gasteiger partial charge in [0.25, 0.3) is 0 Å². The average molecular weight is 333 g/mol. The minimum Gasteiger partial charge on any atom is -0.369 e. The first-order valence-corrected chi connectivity index (χ1v) is 8.06. The first kappa shape index (κ1) is 19.2. The number of amides is 1. The zero-order valence-corrected chi connectivity index (χ0v) is 14.6. The van der Waals surface area contributed by atoms with Crippen LogP contribution < -0.4 is 5.73 Å². The lowest BCUT2D eigenvalue weighted by Crippen LogP contribution is -2.13. The first-order valence-electron chi connectivity index (χ1n) is 7.69. The summed E-state index contributed by atoms with van der Waals surface area (Å²) in [6, 6.07) is 17.5. The third-order valence-corrected chi connectivity index (χ3v) is 3.46. The lowest BCUT2D eigenvalue weighted by molar-refractivity contribution is -0.117. The van der Waals surface area contributed by atoms with Crippen molar-refractivity contribution >= 4 is 17.5 Å². The van der Waals surface area contributed by atoms with Gasteiger partial charge in [0.15, 0.2) is 0 Å². The highest BCUT2D eigenvalue weighted by Crippen LogP contribution is 2.10. The van der Waals surface area contributed by atoms with Gasteiger partial charge in [-0.2, -0.15) is 0 Å². The SMILES string of the molecule is CN(C)CCCc1ccc(Cl)cc1.NC(=O)Cc1ccccc1. The van der Waals surface area contributed by atoms with E-state index >= 15 is 0 Å². The predicted molar refractivity (Wildman–Crippen MR) is 97.7 cm³/mol. The zero-order chi connectivity index (χ0) is 17.1. The molecule has 0 heterocycles. The molecule has 0 aliphatic heterocycles. The monoisotopic (exact) mass is 332 g/mol. The molecule has 2 aromatic rings. The van der Waals surface area contributed by atoms with Gasteiger partial charge in [-0.3, -0.25) is 4.79 Å². The molecule has 3 nitrogen and oxygen atoms in total. The summed E-state index contributed by atoms with van der Waals surface area (Å²) in [7, 11) is 4.20. The van der Waals surface area contributed by atoms with Crippen molar-refractivity contribution in [2.75, 3.05) is 20.6 Å². The van der Waals surface area contributed by atoms with E-state index in [1.807, 2.05) is 42.5 Å². The van der Waals surface area contributed by atoms with Crippen molar-refractivity contribution in [3.8, 4) is 0 Å². The van der Waals surface area contributed by atoms with E-state index in [2.05, 4.69) is 31.1 Å². The number of nitrogens with zero attached hydrogens (tertiary/aromatic N) is 1. The van der Waals surface area contributed by atoms with Crippen LogP contribution in [0.4, 0.5) is 0 Å². The maximum absolute atomic E-state index is 10.4. The van der Waals surface area contributed by atoms with Crippen molar-refractivity contribution in [1.29, 1.82) is 0 Å². The van der Waals surface area contributed by atoms with Crippen LogP contribution in [0.5, 0.6) is 0 Å². The highest BCUT2D eigenvalue weighted by atomic mass is 35.5. The van der Waals surface area contributed by atoms with Crippen molar-refractivity contribution in [2.24, 2.45) is 5.73 Å². The van der Waals surface area contributed by atoms with E-state index in [1.165, 1.54) is 12.0 Å². The molecule has 1 amide bonds. The molecule has 0 aliphatic rings. The highest BCUT2D eigenvalue weighted by Gasteiger charge is 1.95. The Kier molecular flexibility index (Phi) is 9.03. The summed E-state index contributed by atoms with van der Waals surface area (Å²) in [6.07, 6.45) is 2.67. The van der Waals surface area contributed by atoms with Gasteiger partial charge >= 0.3 is 0 Å². The molecular formula is C19H25ClN2O. The van der Waals surface area contributed by atoms with Crippen LogP contribution >= 0.6 is 11.6 Å². The van der Waals surface area contributed by atoms with Crippen molar-refractivity contribution in [3.05, 3.63) is 70.7 Å². The lowest BCUT2D eigenvalue weighted by atomic mass is 10.1. The second-order valence-corrected chi connectivity index (χ2v) is 6.10. The molecule has 0 radical (unpaired) electrons. The molecular weight excluding hydrogens is 308 g/mol. The standard InChI is InChI=1S/C11H16ClN.C8H9NO/c1-13(2)9-3-4-10-5-7-11(12)8-6-10;9-8(10)6-7-4-2-1-3-5-7/h5-8H,3-4,9H2,1-2H3;1-5H,6H2,(H2,9,10). The molecule has 0 saturated heterocycles. The second kappa shape index (κ2) is 10.8. The Labute approximate surface area is 144 Å². The average Bonchev–Trinajstić information content (AvgIpc) is 2.50. The normalized spacial score (nSPS) is 10.1. The van der Waals surface area contributed by atoms with E-state index in [4.69, 9.17) is 17.3 Å². The van der Waals surface area contributed by atoms with E-state index in [0.29, 0.717) is 6.42 Å². The van der Waals surface area contributed by atoms with Crippen LogP contribution in [0.25, 0.3) is 0 Å². The Bertz CT molecular complexity index is 568. The number of hydrogen-bond acceptors (Lipinski definition) is 2. The molecule has 0 atom stereocenters. The fraction of sp³-hybridized carbons (Fsp3) is 0.316. The summed E-state index contributed by atoms with van der Waals surface area (Å²) in [5, 5.41) is 0.816. The second-order valence-electron chi connectivity index (χ2n) is 5.66. The summed E-state index contributed by atoms with van der Waals surface area (Å²) < 4.78 is 0. The molecule has 0 unspecified atom stereocenters. The smallest absolute Gasteiger partial charge is 0.221 e. The molecule has 0 aliphatic carbocycles. The molecule has 124 valence electrons. The number of aryl methyl sites for hydroxylation is 1. The number of benzene rings is 2. The number of carbonyl (C=O) groups is 1. The van der Waals surface area contributed by atoms with Crippen LogP contribution in [0.3, 0.4) is 0 Å². The molecule has 0 bridgehead atoms. The fourth-order valence-corrected chi connectivity index (χ4v) is 2.17. The number of nitrogens with two attached hydrogens (primary N) is 1. The summed E-state index contributed by atoms with van der Waals surface area (Å²) in [4.78, 5) is 12.6. The van der Waals surface area contributed by atoms with E-state index in [0.717, 1.165) is 23.6 Å². The van der Waals surface area contributed by atoms with Gasteiger partial charge in [-0.25, -0.2) is 0 Å². The molecule has 23 heavy (non-hydrogen) atoms. The minimum absolute atomic E-state index is 0.286. The Hall–Kier alpha value is -1.84. The summed E-state index contributed by atoms with van der Waals surface area (Å²) in [5.74, 6) is -0.286. The van der Waals surface area contributed by atoms with E-state index in [1.54, 1.807) is 0 Å². The largest absolute Gasteiger partial charge is 0.369 e. The van der Waals surface area contributed by atoms with Crippen molar-refractivity contribution in [3.63, 3.8) is 0 Å². The molecule has 2 N–H and O–H groups in total. The first-order chi connectivity index (χ1) is 11.0. The van der Waals surface area contributed by atoms with Crippen molar-refractivity contribution in [1.82, 2.24) is 4.90 Å². The number of primary amides is 1. The van der Waals surface area contributed by atoms with Crippen LogP contribution in [-0.4, -0.2) is 31.4 Å². The topological polar surface area (TPSA) is 46.3 Å². The van der Waals surface area contributed by atoms with Crippen molar-refractivity contribution < 1.29 is 4.79 Å². The maximum atomic E-state index is 10.4. The predicted octanol–water partition coefficient (Wildman–Crippen LogP) is 3.55. The van der Waals surface area contributed by atoms with E-state index in [9.17, 15) is 4.79 Å². The van der Waals surface area contributed by atoms with Gasteiger partial charge in [-0.1, -0.05) is 54.1 Å². The number of halogens is 1. The van der Waals surface area contributed by atoms with E-state index in [-0.39, 0.29) is 5.91 Å². The molecule has 0 fully saturated rings. The Balaban J connectivity index is 0.000000238. The van der Waals surface area contributed by atoms with E-state index < -0.39 is 0 Å². The van der Waals surface area contributed by atoms with Crippen molar-refractivity contribution in [2.45, 2.75) is 19.3 Å². The summed E-state index contributed by atoms with van der Waals surface area (Å²) >= 11 is 5.79. The maximum Gasteiger partial charge on any atom is 0.221 e. The molecule has 0 saturated carbocycles. The van der Waals surface area contributed by atoms with Gasteiger partial charge < -0.3 is 10.6 Å². The summed E-state index contributed by atoms with van der Waals surface area (Å²) in [6.45, 7) is 1.14.